The van der Waals surface area contributed by atoms with E-state index in [0.29, 0.717) is 11.5 Å². The van der Waals surface area contributed by atoms with Gasteiger partial charge in [0, 0.05) is 22.7 Å². The first-order valence-corrected chi connectivity index (χ1v) is 8.24. The van der Waals surface area contributed by atoms with Crippen molar-refractivity contribution in [2.24, 2.45) is 11.7 Å². The Morgan fingerprint density at radius 2 is 2.10 bits per heavy atom. The standard InChI is InChI=1S/C16H21BrFNO/c17-12-4-3-5-13(18)14(12)15(19)11-6-9-20-16(10-11)7-1-2-8-16/h3-5,11,15H,1-2,6-10,19H2. The Hall–Kier alpha value is -0.450. The molecular weight excluding hydrogens is 321 g/mol. The lowest BCUT2D eigenvalue weighted by Gasteiger charge is -2.40. The van der Waals surface area contributed by atoms with Crippen molar-refractivity contribution in [3.63, 3.8) is 0 Å². The summed E-state index contributed by atoms with van der Waals surface area (Å²) in [7, 11) is 0. The summed E-state index contributed by atoms with van der Waals surface area (Å²) in [5, 5.41) is 0. The van der Waals surface area contributed by atoms with Gasteiger partial charge in [0.1, 0.15) is 5.82 Å². The third-order valence-electron chi connectivity index (χ3n) is 4.89. The molecule has 1 aliphatic carbocycles. The van der Waals surface area contributed by atoms with Crippen LogP contribution < -0.4 is 5.73 Å². The third-order valence-corrected chi connectivity index (χ3v) is 5.58. The number of benzene rings is 1. The number of hydrogen-bond donors (Lipinski definition) is 1. The van der Waals surface area contributed by atoms with Crippen molar-refractivity contribution in [2.45, 2.75) is 50.2 Å². The molecule has 1 spiro atoms. The molecule has 3 rings (SSSR count). The van der Waals surface area contributed by atoms with E-state index in [0.717, 1.165) is 36.8 Å². The van der Waals surface area contributed by atoms with E-state index < -0.39 is 0 Å². The highest BCUT2D eigenvalue weighted by Crippen LogP contribution is 2.45. The van der Waals surface area contributed by atoms with Gasteiger partial charge >= 0.3 is 0 Å². The van der Waals surface area contributed by atoms with Gasteiger partial charge in [-0.15, -0.1) is 0 Å². The van der Waals surface area contributed by atoms with Crippen LogP contribution in [-0.2, 0) is 4.74 Å². The smallest absolute Gasteiger partial charge is 0.129 e. The fourth-order valence-corrected chi connectivity index (χ4v) is 4.41. The summed E-state index contributed by atoms with van der Waals surface area (Å²) in [4.78, 5) is 0. The maximum atomic E-state index is 14.1. The lowest BCUT2D eigenvalue weighted by Crippen LogP contribution is -2.41. The predicted molar refractivity (Wildman–Crippen MR) is 80.9 cm³/mol. The van der Waals surface area contributed by atoms with Gasteiger partial charge in [-0.3, -0.25) is 0 Å². The summed E-state index contributed by atoms with van der Waals surface area (Å²) in [5.74, 6) is 0.0916. The minimum atomic E-state index is -0.257. The van der Waals surface area contributed by atoms with Crippen LogP contribution >= 0.6 is 15.9 Å². The van der Waals surface area contributed by atoms with Crippen LogP contribution in [0.5, 0.6) is 0 Å². The Morgan fingerprint density at radius 3 is 2.80 bits per heavy atom. The largest absolute Gasteiger partial charge is 0.375 e. The molecule has 0 bridgehead atoms. The van der Waals surface area contributed by atoms with Gasteiger partial charge < -0.3 is 10.5 Å². The molecule has 110 valence electrons. The maximum Gasteiger partial charge on any atom is 0.129 e. The first kappa shape index (κ1) is 14.5. The Balaban J connectivity index is 1.81. The summed E-state index contributed by atoms with van der Waals surface area (Å²) in [6, 6.07) is 4.80. The first-order valence-electron chi connectivity index (χ1n) is 7.45. The zero-order chi connectivity index (χ0) is 14.2. The molecule has 2 nitrogen and oxygen atoms in total. The van der Waals surface area contributed by atoms with Gasteiger partial charge in [-0.1, -0.05) is 34.8 Å². The van der Waals surface area contributed by atoms with E-state index in [-0.39, 0.29) is 17.5 Å². The molecule has 2 atom stereocenters. The van der Waals surface area contributed by atoms with Gasteiger partial charge in [0.25, 0.3) is 0 Å². The molecule has 0 aromatic heterocycles. The minimum Gasteiger partial charge on any atom is -0.375 e. The maximum absolute atomic E-state index is 14.1. The topological polar surface area (TPSA) is 35.2 Å². The Morgan fingerprint density at radius 1 is 1.35 bits per heavy atom. The Kier molecular flexibility index (Phi) is 4.16. The summed E-state index contributed by atoms with van der Waals surface area (Å²) in [6.07, 6.45) is 6.64. The average molecular weight is 342 g/mol. The van der Waals surface area contributed by atoms with E-state index in [1.807, 2.05) is 6.07 Å². The predicted octanol–water partition coefficient (Wildman–Crippen LogP) is 4.33. The van der Waals surface area contributed by atoms with Crippen LogP contribution in [0.3, 0.4) is 0 Å². The highest BCUT2D eigenvalue weighted by Gasteiger charge is 2.42. The molecule has 1 aromatic carbocycles. The van der Waals surface area contributed by atoms with Gasteiger partial charge in [-0.25, -0.2) is 4.39 Å². The number of rotatable bonds is 2. The minimum absolute atomic E-state index is 0.0261. The molecule has 0 amide bonds. The molecule has 2 unspecified atom stereocenters. The van der Waals surface area contributed by atoms with Crippen LogP contribution in [-0.4, -0.2) is 12.2 Å². The van der Waals surface area contributed by atoms with Crippen molar-refractivity contribution >= 4 is 15.9 Å². The summed E-state index contributed by atoms with van der Waals surface area (Å²) in [5.41, 5.74) is 7.04. The molecule has 0 radical (unpaired) electrons. The number of halogens is 2. The molecule has 1 aliphatic heterocycles. The molecule has 2 fully saturated rings. The second kappa shape index (κ2) is 5.74. The highest BCUT2D eigenvalue weighted by atomic mass is 79.9. The number of nitrogens with two attached hydrogens (primary N) is 1. The zero-order valence-electron chi connectivity index (χ0n) is 11.6. The average Bonchev–Trinajstić information content (AvgIpc) is 2.86. The van der Waals surface area contributed by atoms with E-state index in [9.17, 15) is 4.39 Å². The van der Waals surface area contributed by atoms with Gasteiger partial charge in [0.15, 0.2) is 0 Å². The summed E-state index contributed by atoms with van der Waals surface area (Å²) >= 11 is 3.44. The van der Waals surface area contributed by atoms with E-state index in [4.69, 9.17) is 10.5 Å². The van der Waals surface area contributed by atoms with Crippen LogP contribution in [0.1, 0.15) is 50.1 Å². The summed E-state index contributed by atoms with van der Waals surface area (Å²) < 4.78 is 20.9. The second-order valence-corrected chi connectivity index (χ2v) is 7.01. The molecule has 2 aliphatic rings. The van der Waals surface area contributed by atoms with Crippen molar-refractivity contribution < 1.29 is 9.13 Å². The lowest BCUT2D eigenvalue weighted by molar-refractivity contribution is -0.0965. The molecule has 20 heavy (non-hydrogen) atoms. The van der Waals surface area contributed by atoms with Crippen molar-refractivity contribution in [1.29, 1.82) is 0 Å². The van der Waals surface area contributed by atoms with Crippen molar-refractivity contribution in [3.8, 4) is 0 Å². The lowest BCUT2D eigenvalue weighted by atomic mass is 9.79. The highest BCUT2D eigenvalue weighted by molar-refractivity contribution is 9.10. The molecular formula is C16H21BrFNO. The molecule has 1 aromatic rings. The quantitative estimate of drug-likeness (QED) is 0.868. The van der Waals surface area contributed by atoms with Crippen LogP contribution in [0.15, 0.2) is 22.7 Å². The van der Waals surface area contributed by atoms with Crippen LogP contribution in [0.25, 0.3) is 0 Å². The molecule has 4 heteroatoms. The van der Waals surface area contributed by atoms with Gasteiger partial charge in [0.2, 0.25) is 0 Å². The Bertz CT molecular complexity index is 467. The zero-order valence-corrected chi connectivity index (χ0v) is 13.2. The molecule has 1 saturated heterocycles. The molecule has 1 saturated carbocycles. The monoisotopic (exact) mass is 341 g/mol. The van der Waals surface area contributed by atoms with Crippen molar-refractivity contribution in [1.82, 2.24) is 0 Å². The van der Waals surface area contributed by atoms with Crippen LogP contribution in [0.4, 0.5) is 4.39 Å². The van der Waals surface area contributed by atoms with Gasteiger partial charge in [0.05, 0.1) is 5.60 Å². The van der Waals surface area contributed by atoms with Crippen molar-refractivity contribution in [3.05, 3.63) is 34.1 Å². The van der Waals surface area contributed by atoms with Gasteiger partial charge in [-0.05, 0) is 43.7 Å². The molecule has 2 N–H and O–H groups in total. The fraction of sp³-hybridized carbons (Fsp3) is 0.625. The first-order chi connectivity index (χ1) is 9.61. The van der Waals surface area contributed by atoms with Crippen molar-refractivity contribution in [2.75, 3.05) is 6.61 Å². The van der Waals surface area contributed by atoms with E-state index >= 15 is 0 Å². The normalized spacial score (nSPS) is 26.9. The Labute approximate surface area is 128 Å². The van der Waals surface area contributed by atoms with E-state index in [1.54, 1.807) is 6.07 Å². The van der Waals surface area contributed by atoms with Crippen LogP contribution in [0.2, 0.25) is 0 Å². The van der Waals surface area contributed by atoms with Crippen LogP contribution in [0, 0.1) is 11.7 Å². The van der Waals surface area contributed by atoms with Gasteiger partial charge in [-0.2, -0.15) is 0 Å². The van der Waals surface area contributed by atoms with E-state index in [2.05, 4.69) is 15.9 Å². The molecule has 1 heterocycles. The summed E-state index contributed by atoms with van der Waals surface area (Å²) in [6.45, 7) is 0.754. The fourth-order valence-electron chi connectivity index (χ4n) is 3.80. The number of ether oxygens (including phenoxy) is 1. The number of hydrogen-bond acceptors (Lipinski definition) is 2. The third kappa shape index (κ3) is 2.66. The SMILES string of the molecule is NC(c1c(F)cccc1Br)C1CCOC2(CCCC2)C1. The van der Waals surface area contributed by atoms with E-state index in [1.165, 1.54) is 18.9 Å². The second-order valence-electron chi connectivity index (χ2n) is 6.15.